The lowest BCUT2D eigenvalue weighted by molar-refractivity contribution is 0.150. The van der Waals surface area contributed by atoms with Crippen LogP contribution in [-0.2, 0) is 0 Å². The number of rotatable bonds is 3. The van der Waals surface area contributed by atoms with Gasteiger partial charge in [0.05, 0.1) is 11.4 Å². The Morgan fingerprint density at radius 1 is 1.22 bits per heavy atom. The molecule has 0 aliphatic carbocycles. The van der Waals surface area contributed by atoms with Gasteiger partial charge in [0.15, 0.2) is 0 Å². The molecule has 5 N–H and O–H groups in total. The Bertz CT molecular complexity index is 408. The highest BCUT2D eigenvalue weighted by molar-refractivity contribution is 5.69. The van der Waals surface area contributed by atoms with E-state index in [1.807, 2.05) is 18.2 Å². The summed E-state index contributed by atoms with van der Waals surface area (Å²) in [4.78, 5) is 2.39. The molecule has 0 bridgehead atoms. The topological polar surface area (TPSA) is 67.3 Å². The molecule has 0 radical (unpaired) electrons. The number of piperidine rings is 1. The van der Waals surface area contributed by atoms with Gasteiger partial charge in [0.25, 0.3) is 0 Å². The van der Waals surface area contributed by atoms with Crippen molar-refractivity contribution in [2.45, 2.75) is 19.8 Å². The van der Waals surface area contributed by atoms with Crippen LogP contribution in [0.2, 0.25) is 0 Å². The standard InChI is InChI=1S/C14H24N4/c1-14(5-7-18(2)8-6-14)10-17-11-3-4-12(15)13(16)9-11/h3-4,9,17H,5-8,10,15-16H2,1-2H3. The molecule has 100 valence electrons. The fraction of sp³-hybridized carbons (Fsp3) is 0.571. The number of likely N-dealkylation sites (tertiary alicyclic amines) is 1. The normalized spacial score (nSPS) is 19.7. The van der Waals surface area contributed by atoms with Crippen molar-refractivity contribution in [2.75, 3.05) is 43.5 Å². The molecule has 0 saturated carbocycles. The molecular formula is C14H24N4. The molecule has 4 nitrogen and oxygen atoms in total. The van der Waals surface area contributed by atoms with Crippen molar-refractivity contribution < 1.29 is 0 Å². The third kappa shape index (κ3) is 3.07. The summed E-state index contributed by atoms with van der Waals surface area (Å²) in [6.07, 6.45) is 2.47. The molecule has 1 saturated heterocycles. The number of nitrogen functional groups attached to an aromatic ring is 2. The zero-order valence-corrected chi connectivity index (χ0v) is 11.4. The summed E-state index contributed by atoms with van der Waals surface area (Å²) in [5.41, 5.74) is 14.2. The third-order valence-corrected chi connectivity index (χ3v) is 4.00. The Kier molecular flexibility index (Phi) is 3.66. The van der Waals surface area contributed by atoms with Crippen LogP contribution >= 0.6 is 0 Å². The van der Waals surface area contributed by atoms with E-state index in [4.69, 9.17) is 11.5 Å². The molecule has 1 aliphatic rings. The first-order valence-electron chi connectivity index (χ1n) is 6.56. The summed E-state index contributed by atoms with van der Waals surface area (Å²) in [6.45, 7) is 5.71. The van der Waals surface area contributed by atoms with Gasteiger partial charge < -0.3 is 21.7 Å². The van der Waals surface area contributed by atoms with Gasteiger partial charge in [-0.3, -0.25) is 0 Å². The van der Waals surface area contributed by atoms with Gasteiger partial charge in [0.1, 0.15) is 0 Å². The van der Waals surface area contributed by atoms with E-state index in [0.717, 1.165) is 12.2 Å². The zero-order valence-electron chi connectivity index (χ0n) is 11.4. The van der Waals surface area contributed by atoms with Crippen molar-refractivity contribution in [1.29, 1.82) is 0 Å². The molecule has 0 spiro atoms. The lowest BCUT2D eigenvalue weighted by Gasteiger charge is -2.38. The Labute approximate surface area is 109 Å². The first kappa shape index (κ1) is 13.0. The van der Waals surface area contributed by atoms with Crippen LogP contribution in [0.1, 0.15) is 19.8 Å². The van der Waals surface area contributed by atoms with E-state index in [1.165, 1.54) is 25.9 Å². The fourth-order valence-electron chi connectivity index (χ4n) is 2.34. The molecule has 1 aromatic carbocycles. The predicted molar refractivity (Wildman–Crippen MR) is 78.6 cm³/mol. The molecule has 0 amide bonds. The average molecular weight is 248 g/mol. The second kappa shape index (κ2) is 5.06. The van der Waals surface area contributed by atoms with Crippen LogP contribution in [0.3, 0.4) is 0 Å². The number of nitrogens with two attached hydrogens (primary N) is 2. The second-order valence-corrected chi connectivity index (χ2v) is 5.81. The Morgan fingerprint density at radius 2 is 1.89 bits per heavy atom. The van der Waals surface area contributed by atoms with Gasteiger partial charge in [0.2, 0.25) is 0 Å². The molecule has 1 fully saturated rings. The van der Waals surface area contributed by atoms with Gasteiger partial charge >= 0.3 is 0 Å². The maximum absolute atomic E-state index is 5.81. The van der Waals surface area contributed by atoms with E-state index in [9.17, 15) is 0 Å². The monoisotopic (exact) mass is 248 g/mol. The van der Waals surface area contributed by atoms with Gasteiger partial charge in [-0.15, -0.1) is 0 Å². The lowest BCUT2D eigenvalue weighted by atomic mass is 9.80. The number of hydrogen-bond donors (Lipinski definition) is 3. The molecule has 2 rings (SSSR count). The van der Waals surface area contributed by atoms with Crippen molar-refractivity contribution >= 4 is 17.1 Å². The minimum atomic E-state index is 0.378. The van der Waals surface area contributed by atoms with E-state index >= 15 is 0 Å². The van der Waals surface area contributed by atoms with E-state index in [2.05, 4.69) is 24.2 Å². The number of benzene rings is 1. The molecular weight excluding hydrogens is 224 g/mol. The van der Waals surface area contributed by atoms with Crippen LogP contribution in [0.15, 0.2) is 18.2 Å². The molecule has 1 heterocycles. The highest BCUT2D eigenvalue weighted by Gasteiger charge is 2.28. The van der Waals surface area contributed by atoms with Crippen molar-refractivity contribution in [3.05, 3.63) is 18.2 Å². The Morgan fingerprint density at radius 3 is 2.50 bits per heavy atom. The summed E-state index contributed by atoms with van der Waals surface area (Å²) in [5, 5.41) is 3.48. The SMILES string of the molecule is CN1CCC(C)(CNc2ccc(N)c(N)c2)CC1. The minimum Gasteiger partial charge on any atom is -0.397 e. The zero-order chi connectivity index (χ0) is 13.2. The number of nitrogens with one attached hydrogen (secondary N) is 1. The second-order valence-electron chi connectivity index (χ2n) is 5.81. The largest absolute Gasteiger partial charge is 0.397 e. The van der Waals surface area contributed by atoms with E-state index in [-0.39, 0.29) is 0 Å². The van der Waals surface area contributed by atoms with Gasteiger partial charge in [-0.25, -0.2) is 0 Å². The summed E-state index contributed by atoms with van der Waals surface area (Å²) < 4.78 is 0. The molecule has 0 atom stereocenters. The smallest absolute Gasteiger partial charge is 0.0568 e. The quantitative estimate of drug-likeness (QED) is 0.716. The Balaban J connectivity index is 1.92. The average Bonchev–Trinajstić information content (AvgIpc) is 2.35. The first-order chi connectivity index (χ1) is 8.48. The van der Waals surface area contributed by atoms with Crippen molar-refractivity contribution in [3.8, 4) is 0 Å². The highest BCUT2D eigenvalue weighted by Crippen LogP contribution is 2.31. The van der Waals surface area contributed by atoms with Crippen LogP contribution in [0.5, 0.6) is 0 Å². The van der Waals surface area contributed by atoms with Gasteiger partial charge in [-0.2, -0.15) is 0 Å². The maximum atomic E-state index is 5.81. The first-order valence-corrected chi connectivity index (χ1v) is 6.56. The number of hydrogen-bond acceptors (Lipinski definition) is 4. The maximum Gasteiger partial charge on any atom is 0.0568 e. The lowest BCUT2D eigenvalue weighted by Crippen LogP contribution is -2.40. The van der Waals surface area contributed by atoms with E-state index < -0.39 is 0 Å². The summed E-state index contributed by atoms with van der Waals surface area (Å²) in [5.74, 6) is 0. The van der Waals surface area contributed by atoms with Crippen LogP contribution in [-0.4, -0.2) is 31.6 Å². The van der Waals surface area contributed by atoms with Crippen molar-refractivity contribution in [2.24, 2.45) is 5.41 Å². The Hall–Kier alpha value is -1.42. The highest BCUT2D eigenvalue weighted by atomic mass is 15.1. The van der Waals surface area contributed by atoms with Crippen LogP contribution in [0, 0.1) is 5.41 Å². The third-order valence-electron chi connectivity index (χ3n) is 4.00. The molecule has 1 aromatic rings. The molecule has 18 heavy (non-hydrogen) atoms. The van der Waals surface area contributed by atoms with Gasteiger partial charge in [-0.05, 0) is 56.6 Å². The summed E-state index contributed by atoms with van der Waals surface area (Å²) in [7, 11) is 2.19. The fourth-order valence-corrected chi connectivity index (χ4v) is 2.34. The van der Waals surface area contributed by atoms with Crippen molar-refractivity contribution in [3.63, 3.8) is 0 Å². The van der Waals surface area contributed by atoms with E-state index in [0.29, 0.717) is 16.8 Å². The van der Waals surface area contributed by atoms with Crippen LogP contribution in [0.25, 0.3) is 0 Å². The molecule has 4 heteroatoms. The van der Waals surface area contributed by atoms with Crippen LogP contribution < -0.4 is 16.8 Å². The van der Waals surface area contributed by atoms with Gasteiger partial charge in [0, 0.05) is 12.2 Å². The molecule has 0 aromatic heterocycles. The summed E-state index contributed by atoms with van der Waals surface area (Å²) >= 11 is 0. The minimum absolute atomic E-state index is 0.378. The van der Waals surface area contributed by atoms with E-state index in [1.54, 1.807) is 0 Å². The molecule has 1 aliphatic heterocycles. The predicted octanol–water partition coefficient (Wildman–Crippen LogP) is 1.99. The number of anilines is 3. The van der Waals surface area contributed by atoms with Crippen LogP contribution in [0.4, 0.5) is 17.1 Å². The molecule has 0 unspecified atom stereocenters. The van der Waals surface area contributed by atoms with Gasteiger partial charge in [-0.1, -0.05) is 6.92 Å². The van der Waals surface area contributed by atoms with Crippen molar-refractivity contribution in [1.82, 2.24) is 4.90 Å². The summed E-state index contributed by atoms with van der Waals surface area (Å²) in [6, 6.07) is 5.76. The number of nitrogens with zero attached hydrogens (tertiary/aromatic N) is 1.